The van der Waals surface area contributed by atoms with Crippen LogP contribution in [0.15, 0.2) is 49.1 Å². The lowest BCUT2D eigenvalue weighted by molar-refractivity contribution is -0.133. The van der Waals surface area contributed by atoms with E-state index in [9.17, 15) is 23.2 Å². The number of halogens is 3. The summed E-state index contributed by atoms with van der Waals surface area (Å²) < 4.78 is 34.2. The predicted molar refractivity (Wildman–Crippen MR) is 168 cm³/mol. The van der Waals surface area contributed by atoms with E-state index in [2.05, 4.69) is 30.7 Å². The van der Waals surface area contributed by atoms with Crippen LogP contribution in [-0.2, 0) is 16.1 Å². The van der Waals surface area contributed by atoms with Crippen LogP contribution in [0.3, 0.4) is 0 Å². The van der Waals surface area contributed by atoms with Crippen LogP contribution in [0.25, 0.3) is 16.9 Å². The summed E-state index contributed by atoms with van der Waals surface area (Å²) in [4.78, 5) is 47.3. The Hall–Kier alpha value is -4.63. The fourth-order valence-corrected chi connectivity index (χ4v) is 6.47. The number of piperidine rings is 1. The van der Waals surface area contributed by atoms with E-state index in [1.165, 1.54) is 46.0 Å². The average Bonchev–Trinajstić information content (AvgIpc) is 3.80. The zero-order chi connectivity index (χ0) is 33.1. The van der Waals surface area contributed by atoms with Gasteiger partial charge >= 0.3 is 6.61 Å². The minimum Gasteiger partial charge on any atom is -0.434 e. The van der Waals surface area contributed by atoms with Crippen LogP contribution in [0.4, 0.5) is 14.5 Å². The van der Waals surface area contributed by atoms with E-state index in [0.717, 1.165) is 38.8 Å². The summed E-state index contributed by atoms with van der Waals surface area (Å²) in [5, 5.41) is 14.4. The van der Waals surface area contributed by atoms with Gasteiger partial charge in [-0.2, -0.15) is 19.0 Å². The number of benzene rings is 1. The van der Waals surface area contributed by atoms with Crippen LogP contribution < -0.4 is 15.4 Å². The van der Waals surface area contributed by atoms with Crippen molar-refractivity contribution >= 4 is 40.7 Å². The summed E-state index contributed by atoms with van der Waals surface area (Å²) in [5.41, 5.74) is 0.832. The standard InChI is InChI=1S/C31H34ClF2N9O4/c1-35-30(46)24-4-2-10-41(24)16-19-7-12-40(13-8-19)26(44)18-42-17-23(38-29(45)22-15-37-43-11-3-9-36-28(22)43)27(39-42)21-14-20(32)5-6-25(21)47-31(33)34/h3,5-6,9,11,14-15,17,19,24,31H,2,4,7-8,10,12-13,16,18H2,1H3,(H,35,46)(H,38,45)/t24-/m0/s1. The molecule has 2 fully saturated rings. The molecule has 2 aliphatic rings. The quantitative estimate of drug-likeness (QED) is 0.262. The van der Waals surface area contributed by atoms with E-state index in [1.54, 1.807) is 24.2 Å². The third-order valence-corrected chi connectivity index (χ3v) is 8.85. The topological polar surface area (TPSA) is 139 Å². The number of hydrogen-bond acceptors (Lipinski definition) is 8. The van der Waals surface area contributed by atoms with Gasteiger partial charge < -0.3 is 20.3 Å². The Morgan fingerprint density at radius 1 is 1.15 bits per heavy atom. The maximum atomic E-state index is 13.4. The zero-order valence-corrected chi connectivity index (χ0v) is 26.4. The second-order valence-electron chi connectivity index (χ2n) is 11.6. The summed E-state index contributed by atoms with van der Waals surface area (Å²) in [5.74, 6) is -0.532. The number of rotatable bonds is 10. The Morgan fingerprint density at radius 3 is 2.72 bits per heavy atom. The van der Waals surface area contributed by atoms with Crippen molar-refractivity contribution in [2.75, 3.05) is 38.5 Å². The largest absolute Gasteiger partial charge is 0.434 e. The molecule has 0 bridgehead atoms. The van der Waals surface area contributed by atoms with Crippen LogP contribution in [0.5, 0.6) is 5.75 Å². The van der Waals surface area contributed by atoms with Gasteiger partial charge in [-0.15, -0.1) is 0 Å². The van der Waals surface area contributed by atoms with Gasteiger partial charge in [-0.25, -0.2) is 9.50 Å². The number of nitrogens with one attached hydrogen (secondary N) is 2. The number of likely N-dealkylation sites (N-methyl/N-ethyl adjacent to an activating group) is 1. The van der Waals surface area contributed by atoms with Crippen LogP contribution in [0, 0.1) is 5.92 Å². The third kappa shape index (κ3) is 7.20. The van der Waals surface area contributed by atoms with Gasteiger partial charge in [0.25, 0.3) is 5.91 Å². The first-order chi connectivity index (χ1) is 22.7. The van der Waals surface area contributed by atoms with Gasteiger partial charge in [0.05, 0.1) is 17.9 Å². The van der Waals surface area contributed by atoms with E-state index in [0.29, 0.717) is 24.7 Å². The van der Waals surface area contributed by atoms with Gasteiger partial charge in [0.15, 0.2) is 5.65 Å². The van der Waals surface area contributed by atoms with Crippen molar-refractivity contribution < 1.29 is 27.9 Å². The molecule has 0 spiro atoms. The fourth-order valence-electron chi connectivity index (χ4n) is 6.30. The number of amides is 3. The molecule has 3 aromatic heterocycles. The van der Waals surface area contributed by atoms with E-state index < -0.39 is 12.5 Å². The molecule has 6 rings (SSSR count). The van der Waals surface area contributed by atoms with E-state index in [1.807, 2.05) is 0 Å². The number of anilines is 1. The lowest BCUT2D eigenvalue weighted by Gasteiger charge is -2.35. The van der Waals surface area contributed by atoms with Crippen molar-refractivity contribution in [3.8, 4) is 17.0 Å². The highest BCUT2D eigenvalue weighted by Crippen LogP contribution is 2.37. The number of carbonyl (C=O) groups is 3. The smallest absolute Gasteiger partial charge is 0.387 e. The van der Waals surface area contributed by atoms with E-state index >= 15 is 0 Å². The van der Waals surface area contributed by atoms with E-state index in [-0.39, 0.29) is 57.7 Å². The normalized spacial score (nSPS) is 17.4. The van der Waals surface area contributed by atoms with Crippen molar-refractivity contribution in [2.45, 2.75) is 44.9 Å². The molecule has 2 N–H and O–H groups in total. The van der Waals surface area contributed by atoms with Crippen LogP contribution in [0.1, 0.15) is 36.0 Å². The number of aromatic nitrogens is 5. The Kier molecular flexibility index (Phi) is 9.63. The Morgan fingerprint density at radius 2 is 1.96 bits per heavy atom. The first-order valence-electron chi connectivity index (χ1n) is 15.4. The number of nitrogens with zero attached hydrogens (tertiary/aromatic N) is 7. The first-order valence-corrected chi connectivity index (χ1v) is 15.7. The zero-order valence-electron chi connectivity index (χ0n) is 25.6. The lowest BCUT2D eigenvalue weighted by atomic mass is 9.95. The molecule has 1 atom stereocenters. The molecule has 0 unspecified atom stereocenters. The lowest BCUT2D eigenvalue weighted by Crippen LogP contribution is -2.46. The maximum absolute atomic E-state index is 13.4. The monoisotopic (exact) mass is 669 g/mol. The molecule has 16 heteroatoms. The molecule has 3 amide bonds. The summed E-state index contributed by atoms with van der Waals surface area (Å²) in [6, 6.07) is 5.67. The molecule has 47 heavy (non-hydrogen) atoms. The van der Waals surface area contributed by atoms with Gasteiger partial charge in [0, 0.05) is 55.9 Å². The molecule has 13 nitrogen and oxygen atoms in total. The van der Waals surface area contributed by atoms with Gasteiger partial charge in [-0.1, -0.05) is 11.6 Å². The molecule has 0 radical (unpaired) electrons. The fraction of sp³-hybridized carbons (Fsp3) is 0.419. The highest BCUT2D eigenvalue weighted by atomic mass is 35.5. The summed E-state index contributed by atoms with van der Waals surface area (Å²) in [7, 11) is 1.66. The third-order valence-electron chi connectivity index (χ3n) is 8.62. The maximum Gasteiger partial charge on any atom is 0.387 e. The SMILES string of the molecule is CNC(=O)[C@@H]1CCCN1CC1CCN(C(=O)Cn2cc(NC(=O)c3cnn4cccnc34)c(-c3cc(Cl)ccc3OC(F)F)n2)CC1. The molecule has 4 aromatic rings. The number of ether oxygens (including phenoxy) is 1. The van der Waals surface area contributed by atoms with Crippen LogP contribution in [-0.4, -0.2) is 97.8 Å². The summed E-state index contributed by atoms with van der Waals surface area (Å²) in [6.45, 7) is -0.449. The van der Waals surface area contributed by atoms with Gasteiger partial charge in [-0.05, 0) is 62.4 Å². The number of carbonyl (C=O) groups excluding carboxylic acids is 3. The van der Waals surface area contributed by atoms with Crippen LogP contribution in [0.2, 0.25) is 5.02 Å². The summed E-state index contributed by atoms with van der Waals surface area (Å²) >= 11 is 6.23. The van der Waals surface area contributed by atoms with Crippen LogP contribution >= 0.6 is 11.6 Å². The minimum atomic E-state index is -3.12. The van der Waals surface area contributed by atoms with Crippen molar-refractivity contribution in [1.82, 2.24) is 39.5 Å². The van der Waals surface area contributed by atoms with Crippen molar-refractivity contribution in [1.29, 1.82) is 0 Å². The highest BCUT2D eigenvalue weighted by molar-refractivity contribution is 6.31. The predicted octanol–water partition coefficient (Wildman–Crippen LogP) is 3.55. The molecule has 2 aliphatic heterocycles. The number of alkyl halides is 2. The molecule has 0 saturated carbocycles. The molecule has 5 heterocycles. The number of hydrogen-bond donors (Lipinski definition) is 2. The molecular weight excluding hydrogens is 636 g/mol. The molecule has 248 valence electrons. The number of fused-ring (bicyclic) bond motifs is 1. The van der Waals surface area contributed by atoms with Gasteiger partial charge in [0.2, 0.25) is 11.8 Å². The van der Waals surface area contributed by atoms with Crippen molar-refractivity contribution in [2.24, 2.45) is 5.92 Å². The first kappa shape index (κ1) is 32.3. The second-order valence-corrected chi connectivity index (χ2v) is 12.0. The number of likely N-dealkylation sites (tertiary alicyclic amines) is 2. The van der Waals surface area contributed by atoms with Gasteiger partial charge in [-0.3, -0.25) is 24.0 Å². The molecule has 0 aliphatic carbocycles. The average molecular weight is 670 g/mol. The Labute approximate surface area is 273 Å². The minimum absolute atomic E-state index is 0.0465. The van der Waals surface area contributed by atoms with Gasteiger partial charge in [0.1, 0.15) is 23.6 Å². The Balaban J connectivity index is 1.19. The molecular formula is C31H34ClF2N9O4. The highest BCUT2D eigenvalue weighted by Gasteiger charge is 2.33. The van der Waals surface area contributed by atoms with Crippen molar-refractivity contribution in [3.05, 3.63) is 59.6 Å². The van der Waals surface area contributed by atoms with E-state index in [4.69, 9.17) is 16.3 Å². The molecule has 2 saturated heterocycles. The summed E-state index contributed by atoms with van der Waals surface area (Å²) in [6.07, 6.45) is 9.46. The van der Waals surface area contributed by atoms with Crippen molar-refractivity contribution in [3.63, 3.8) is 0 Å². The second kappa shape index (κ2) is 14.0. The molecule has 1 aromatic carbocycles. The Bertz CT molecular complexity index is 1770.